The first-order valence-corrected chi connectivity index (χ1v) is 17.2. The third-order valence-electron chi connectivity index (χ3n) is 7.54. The van der Waals surface area contributed by atoms with Crippen molar-refractivity contribution in [2.75, 3.05) is 11.5 Å². The molecule has 0 unspecified atom stereocenters. The van der Waals surface area contributed by atoms with Crippen LogP contribution in [0.15, 0.2) is 139 Å². The highest BCUT2D eigenvalue weighted by molar-refractivity contribution is 9.10. The van der Waals surface area contributed by atoms with Crippen LogP contribution in [-0.4, -0.2) is 47.1 Å². The fraction of sp³-hybridized carbons (Fsp3) is 0. The molecule has 6 N–H and O–H groups in total. The first-order valence-electron chi connectivity index (χ1n) is 15.6. The van der Waals surface area contributed by atoms with Crippen LogP contribution in [-0.2, 0) is 0 Å². The second-order valence-corrected chi connectivity index (χ2v) is 12.7. The van der Waals surface area contributed by atoms with Gasteiger partial charge in [-0.25, -0.2) is 15.0 Å². The van der Waals surface area contributed by atoms with Gasteiger partial charge in [0.1, 0.15) is 21.9 Å². The molecule has 0 aliphatic carbocycles. The summed E-state index contributed by atoms with van der Waals surface area (Å²) in [6.07, 6.45) is 6.45. The molecule has 0 atom stereocenters. The molecule has 4 heterocycles. The number of pyridine rings is 2. The van der Waals surface area contributed by atoms with Crippen LogP contribution in [0.1, 0.15) is 0 Å². The van der Waals surface area contributed by atoms with Gasteiger partial charge >= 0.3 is 7.12 Å². The Morgan fingerprint density at radius 2 is 1.06 bits per heavy atom. The van der Waals surface area contributed by atoms with Gasteiger partial charge in [-0.05, 0) is 51.7 Å². The van der Waals surface area contributed by atoms with Crippen molar-refractivity contribution in [1.82, 2.24) is 29.9 Å². The van der Waals surface area contributed by atoms with Gasteiger partial charge in [0.2, 0.25) is 0 Å². The second kappa shape index (κ2) is 16.7. The van der Waals surface area contributed by atoms with Gasteiger partial charge in [-0.2, -0.15) is 0 Å². The molecule has 10 nitrogen and oxygen atoms in total. The van der Waals surface area contributed by atoms with E-state index in [2.05, 4.69) is 45.8 Å². The van der Waals surface area contributed by atoms with Crippen molar-refractivity contribution in [2.24, 2.45) is 0 Å². The van der Waals surface area contributed by atoms with Crippen LogP contribution in [0, 0.1) is 0 Å². The Morgan fingerprint density at radius 1 is 0.538 bits per heavy atom. The van der Waals surface area contributed by atoms with E-state index in [9.17, 15) is 0 Å². The first kappa shape index (κ1) is 36.3. The molecule has 0 radical (unpaired) electrons. The van der Waals surface area contributed by atoms with Gasteiger partial charge < -0.3 is 21.5 Å². The van der Waals surface area contributed by atoms with Gasteiger partial charge in [-0.1, -0.05) is 102 Å². The zero-order valence-electron chi connectivity index (χ0n) is 27.1. The van der Waals surface area contributed by atoms with E-state index in [0.29, 0.717) is 37.3 Å². The van der Waals surface area contributed by atoms with Crippen LogP contribution in [0.3, 0.4) is 0 Å². The minimum Gasteiger partial charge on any atom is -0.423 e. The predicted octanol–water partition coefficient (Wildman–Crippen LogP) is 7.65. The normalized spacial score (nSPS) is 10.6. The summed E-state index contributed by atoms with van der Waals surface area (Å²) in [6, 6.07) is 34.1. The number of nitrogens with zero attached hydrogens (tertiary/aromatic N) is 6. The average Bonchev–Trinajstić information content (AvgIpc) is 3.17. The number of hydrogen-bond donors (Lipinski definition) is 4. The molecule has 0 fully saturated rings. The Morgan fingerprint density at radius 3 is 1.65 bits per heavy atom. The summed E-state index contributed by atoms with van der Waals surface area (Å²) in [5.74, 6) is 0.804. The summed E-state index contributed by atoms with van der Waals surface area (Å²) in [5.41, 5.74) is 18.3. The lowest BCUT2D eigenvalue weighted by Gasteiger charge is -2.10. The van der Waals surface area contributed by atoms with Crippen LogP contribution < -0.4 is 16.9 Å². The third kappa shape index (κ3) is 8.68. The van der Waals surface area contributed by atoms with Gasteiger partial charge in [-0.3, -0.25) is 15.0 Å². The predicted molar refractivity (Wildman–Crippen MR) is 214 cm³/mol. The highest BCUT2D eigenvalue weighted by Crippen LogP contribution is 2.34. The standard InChI is InChI=1S/C19H13ClN4.C10H8BrN3.C9H7BClNO2/c20-15-10-14(9-13-7-4-8-22-17(13)15)18-19(24-16(21)11-23-18)12-5-2-1-3-6-12;11-10-9(14-8(12)6-13-10)7-4-2-1-3-5-7;11-8-5-7(10(13)14)4-6-2-1-3-12-9(6)8/h1-11H,(H2,21,24);1-6H,(H2,12,14);1-5,13-14H. The van der Waals surface area contributed by atoms with E-state index < -0.39 is 7.12 Å². The van der Waals surface area contributed by atoms with Crippen LogP contribution in [0.25, 0.3) is 55.6 Å². The maximum Gasteiger partial charge on any atom is 0.488 e. The zero-order valence-corrected chi connectivity index (χ0v) is 30.2. The zero-order chi connectivity index (χ0) is 36.6. The quantitative estimate of drug-likeness (QED) is 0.130. The van der Waals surface area contributed by atoms with Crippen LogP contribution in [0.4, 0.5) is 11.6 Å². The van der Waals surface area contributed by atoms with E-state index in [1.54, 1.807) is 30.7 Å². The van der Waals surface area contributed by atoms with Crippen molar-refractivity contribution in [3.05, 3.63) is 149 Å². The number of aromatic nitrogens is 6. The van der Waals surface area contributed by atoms with Crippen molar-refractivity contribution in [3.8, 4) is 33.8 Å². The minimum absolute atomic E-state index is 0.371. The van der Waals surface area contributed by atoms with Crippen molar-refractivity contribution < 1.29 is 10.0 Å². The number of benzene rings is 4. The van der Waals surface area contributed by atoms with Gasteiger partial charge in [0.25, 0.3) is 0 Å². The SMILES string of the molecule is Nc1cnc(-c2cc(Cl)c3ncccc3c2)c(-c2ccccc2)n1.Nc1cnc(Br)c(-c2ccccc2)n1.OB(O)c1cc(Cl)c2ncccc2c1. The first-order chi connectivity index (χ1) is 25.2. The number of fused-ring (bicyclic) bond motifs is 2. The van der Waals surface area contributed by atoms with Gasteiger partial charge in [-0.15, -0.1) is 0 Å². The van der Waals surface area contributed by atoms with E-state index in [1.807, 2.05) is 91.0 Å². The average molecular weight is 790 g/mol. The van der Waals surface area contributed by atoms with Gasteiger partial charge in [0, 0.05) is 39.9 Å². The molecule has 4 aromatic heterocycles. The molecule has 256 valence electrons. The van der Waals surface area contributed by atoms with E-state index in [0.717, 1.165) is 50.1 Å². The molecule has 0 bridgehead atoms. The molecule has 4 aromatic carbocycles. The van der Waals surface area contributed by atoms with Crippen molar-refractivity contribution in [3.63, 3.8) is 0 Å². The molecule has 52 heavy (non-hydrogen) atoms. The number of nitrogen functional groups attached to an aromatic ring is 2. The van der Waals surface area contributed by atoms with Crippen LogP contribution in [0.2, 0.25) is 10.0 Å². The number of hydrogen-bond acceptors (Lipinski definition) is 10. The molecule has 0 aliphatic rings. The Kier molecular flexibility index (Phi) is 11.6. The topological polar surface area (TPSA) is 170 Å². The fourth-order valence-electron chi connectivity index (χ4n) is 5.18. The molecule has 8 rings (SSSR count). The van der Waals surface area contributed by atoms with E-state index in [4.69, 9.17) is 44.7 Å². The van der Waals surface area contributed by atoms with Crippen LogP contribution in [0.5, 0.6) is 0 Å². The maximum absolute atomic E-state index is 8.98. The molecule has 8 aromatic rings. The van der Waals surface area contributed by atoms with Crippen molar-refractivity contribution in [2.45, 2.75) is 0 Å². The highest BCUT2D eigenvalue weighted by Gasteiger charge is 2.15. The molecule has 0 aliphatic heterocycles. The smallest absolute Gasteiger partial charge is 0.423 e. The Hall–Kier alpha value is -5.50. The summed E-state index contributed by atoms with van der Waals surface area (Å²) in [5, 5.41) is 20.7. The van der Waals surface area contributed by atoms with E-state index in [1.165, 1.54) is 12.3 Å². The summed E-state index contributed by atoms with van der Waals surface area (Å²) in [4.78, 5) is 25.7. The van der Waals surface area contributed by atoms with Crippen molar-refractivity contribution >= 4 is 85.2 Å². The van der Waals surface area contributed by atoms with E-state index >= 15 is 0 Å². The molecule has 0 amide bonds. The molecule has 0 saturated heterocycles. The molecular formula is C38H28BBrCl2N8O2. The summed E-state index contributed by atoms with van der Waals surface area (Å²) >= 11 is 15.7. The highest BCUT2D eigenvalue weighted by atomic mass is 79.9. The molecule has 14 heteroatoms. The second-order valence-electron chi connectivity index (χ2n) is 11.1. The molecule has 0 saturated carbocycles. The number of rotatable bonds is 4. The minimum atomic E-state index is -1.50. The van der Waals surface area contributed by atoms with E-state index in [-0.39, 0.29) is 0 Å². The largest absolute Gasteiger partial charge is 0.488 e. The van der Waals surface area contributed by atoms with Crippen molar-refractivity contribution in [1.29, 1.82) is 0 Å². The number of halogens is 3. The van der Waals surface area contributed by atoms with Gasteiger partial charge in [0.05, 0.1) is 44.9 Å². The Labute approximate surface area is 317 Å². The molecular weight excluding hydrogens is 762 g/mol. The Balaban J connectivity index is 0.000000143. The third-order valence-corrected chi connectivity index (χ3v) is 8.70. The maximum atomic E-state index is 8.98. The summed E-state index contributed by atoms with van der Waals surface area (Å²) < 4.78 is 0.706. The fourth-order valence-corrected chi connectivity index (χ4v) is 6.16. The number of anilines is 2. The number of nitrogens with two attached hydrogens (primary N) is 2. The van der Waals surface area contributed by atoms with Crippen LogP contribution >= 0.6 is 39.1 Å². The molecule has 0 spiro atoms. The lowest BCUT2D eigenvalue weighted by molar-refractivity contribution is 0.426. The Bertz CT molecular complexity index is 2480. The lowest BCUT2D eigenvalue weighted by Crippen LogP contribution is -2.29. The van der Waals surface area contributed by atoms with Gasteiger partial charge in [0.15, 0.2) is 0 Å². The summed E-state index contributed by atoms with van der Waals surface area (Å²) in [6.45, 7) is 0. The summed E-state index contributed by atoms with van der Waals surface area (Å²) in [7, 11) is -1.50. The monoisotopic (exact) mass is 788 g/mol. The lowest BCUT2D eigenvalue weighted by atomic mass is 9.80.